The number of amides is 1. The van der Waals surface area contributed by atoms with Crippen molar-refractivity contribution in [3.05, 3.63) is 27.1 Å². The van der Waals surface area contributed by atoms with Crippen LogP contribution in [0.2, 0.25) is 0 Å². The average molecular weight is 322 g/mol. The van der Waals surface area contributed by atoms with E-state index in [0.717, 1.165) is 19.6 Å². The molecule has 1 N–H and O–H groups in total. The van der Waals surface area contributed by atoms with Crippen LogP contribution in [-0.4, -0.2) is 46.5 Å². The van der Waals surface area contributed by atoms with Crippen LogP contribution in [0.3, 0.4) is 0 Å². The Morgan fingerprint density at radius 2 is 2.09 bits per heavy atom. The second-order valence-electron chi connectivity index (χ2n) is 5.18. The third-order valence-electron chi connectivity index (χ3n) is 3.82. The normalized spacial score (nSPS) is 11.3. The Hall–Kier alpha value is -1.73. The number of likely N-dealkylation sites (N-methyl/N-ethyl adjacent to an activating group) is 1. The lowest BCUT2D eigenvalue weighted by Crippen LogP contribution is -2.34. The molecular formula is C15H22N4O2S. The van der Waals surface area contributed by atoms with Crippen LogP contribution in [0.5, 0.6) is 0 Å². The van der Waals surface area contributed by atoms with E-state index in [1.165, 1.54) is 22.2 Å². The molecule has 0 aliphatic carbocycles. The molecule has 0 aromatic carbocycles. The Kier molecular flexibility index (Phi) is 5.31. The fraction of sp³-hybridized carbons (Fsp3) is 0.533. The molecule has 2 aromatic heterocycles. The van der Waals surface area contributed by atoms with Crippen LogP contribution in [0.1, 0.15) is 29.1 Å². The molecule has 22 heavy (non-hydrogen) atoms. The maximum absolute atomic E-state index is 12.3. The second-order valence-corrected chi connectivity index (χ2v) is 6.18. The van der Waals surface area contributed by atoms with Crippen LogP contribution < -0.4 is 10.9 Å². The summed E-state index contributed by atoms with van der Waals surface area (Å²) in [6, 6.07) is 0. The predicted octanol–water partition coefficient (Wildman–Crippen LogP) is 1.38. The lowest BCUT2D eigenvalue weighted by atomic mass is 10.2. The van der Waals surface area contributed by atoms with Crippen LogP contribution in [0.15, 0.2) is 11.1 Å². The van der Waals surface area contributed by atoms with Gasteiger partial charge < -0.3 is 14.8 Å². The fourth-order valence-electron chi connectivity index (χ4n) is 2.37. The summed E-state index contributed by atoms with van der Waals surface area (Å²) < 4.78 is 1.43. The van der Waals surface area contributed by atoms with Gasteiger partial charge in [0.2, 0.25) is 0 Å². The van der Waals surface area contributed by atoms with Crippen LogP contribution in [0.4, 0.5) is 0 Å². The van der Waals surface area contributed by atoms with Crippen molar-refractivity contribution in [2.24, 2.45) is 7.05 Å². The van der Waals surface area contributed by atoms with Gasteiger partial charge in [-0.3, -0.25) is 9.59 Å². The monoisotopic (exact) mass is 322 g/mol. The Morgan fingerprint density at radius 3 is 2.73 bits per heavy atom. The SMILES string of the molecule is CCN(CC)CCNC(=O)c1sc2ncn(C)c(=O)c2c1C. The van der Waals surface area contributed by atoms with E-state index < -0.39 is 0 Å². The first-order chi connectivity index (χ1) is 10.5. The van der Waals surface area contributed by atoms with Gasteiger partial charge in [0.25, 0.3) is 11.5 Å². The number of rotatable bonds is 6. The van der Waals surface area contributed by atoms with Gasteiger partial charge in [-0.1, -0.05) is 13.8 Å². The van der Waals surface area contributed by atoms with Crippen molar-refractivity contribution >= 4 is 27.5 Å². The first kappa shape index (κ1) is 16.6. The number of aromatic nitrogens is 2. The summed E-state index contributed by atoms with van der Waals surface area (Å²) in [4.78, 5) is 32.2. The van der Waals surface area contributed by atoms with Crippen molar-refractivity contribution < 1.29 is 4.79 Å². The maximum atomic E-state index is 12.3. The Balaban J connectivity index is 2.17. The number of hydrogen-bond acceptors (Lipinski definition) is 5. The third kappa shape index (κ3) is 3.20. The number of hydrogen-bond donors (Lipinski definition) is 1. The minimum Gasteiger partial charge on any atom is -0.350 e. The zero-order chi connectivity index (χ0) is 16.3. The highest BCUT2D eigenvalue weighted by molar-refractivity contribution is 7.20. The fourth-order valence-corrected chi connectivity index (χ4v) is 3.43. The van der Waals surface area contributed by atoms with Gasteiger partial charge in [-0.05, 0) is 25.6 Å². The van der Waals surface area contributed by atoms with Crippen LogP contribution >= 0.6 is 11.3 Å². The number of fused-ring (bicyclic) bond motifs is 1. The van der Waals surface area contributed by atoms with E-state index in [9.17, 15) is 9.59 Å². The number of thiophene rings is 1. The smallest absolute Gasteiger partial charge is 0.262 e. The largest absolute Gasteiger partial charge is 0.350 e. The zero-order valence-electron chi connectivity index (χ0n) is 13.5. The number of aryl methyl sites for hydroxylation is 2. The molecule has 0 spiro atoms. The summed E-state index contributed by atoms with van der Waals surface area (Å²) >= 11 is 1.28. The molecule has 0 bridgehead atoms. The molecule has 1 amide bonds. The van der Waals surface area contributed by atoms with Gasteiger partial charge in [-0.25, -0.2) is 4.98 Å². The van der Waals surface area contributed by atoms with Gasteiger partial charge in [-0.15, -0.1) is 11.3 Å². The van der Waals surface area contributed by atoms with Gasteiger partial charge in [0, 0.05) is 20.1 Å². The lowest BCUT2D eigenvalue weighted by Gasteiger charge is -2.17. The molecule has 2 rings (SSSR count). The average Bonchev–Trinajstić information content (AvgIpc) is 2.85. The first-order valence-electron chi connectivity index (χ1n) is 7.44. The Bertz CT molecular complexity index is 731. The van der Waals surface area contributed by atoms with Gasteiger partial charge in [0.1, 0.15) is 4.83 Å². The summed E-state index contributed by atoms with van der Waals surface area (Å²) in [5, 5.41) is 3.47. The molecule has 0 aliphatic heterocycles. The van der Waals surface area contributed by atoms with E-state index in [0.29, 0.717) is 27.2 Å². The number of nitrogens with zero attached hydrogens (tertiary/aromatic N) is 3. The summed E-state index contributed by atoms with van der Waals surface area (Å²) in [5.74, 6) is -0.130. The molecule has 120 valence electrons. The van der Waals surface area contributed by atoms with Crippen LogP contribution in [-0.2, 0) is 7.05 Å². The number of carbonyl (C=O) groups excluding carboxylic acids is 1. The summed E-state index contributed by atoms with van der Waals surface area (Å²) in [6.45, 7) is 9.36. The number of carbonyl (C=O) groups is 1. The number of nitrogens with one attached hydrogen (secondary N) is 1. The van der Waals surface area contributed by atoms with E-state index in [1.54, 1.807) is 14.0 Å². The van der Waals surface area contributed by atoms with Crippen molar-refractivity contribution in [3.63, 3.8) is 0 Å². The van der Waals surface area contributed by atoms with E-state index in [4.69, 9.17) is 0 Å². The molecule has 2 aromatic rings. The molecule has 2 heterocycles. The quantitative estimate of drug-likeness (QED) is 0.872. The lowest BCUT2D eigenvalue weighted by molar-refractivity contribution is 0.0952. The second kappa shape index (κ2) is 7.02. The third-order valence-corrected chi connectivity index (χ3v) is 5.02. The highest BCUT2D eigenvalue weighted by atomic mass is 32.1. The van der Waals surface area contributed by atoms with E-state index in [1.807, 2.05) is 0 Å². The standard InChI is InChI=1S/C15H22N4O2S/c1-5-19(6-2)8-7-16-13(20)12-10(3)11-14(22-12)17-9-18(4)15(11)21/h9H,5-8H2,1-4H3,(H,16,20). The zero-order valence-corrected chi connectivity index (χ0v) is 14.3. The summed E-state index contributed by atoms with van der Waals surface area (Å²) in [5.41, 5.74) is 0.606. The summed E-state index contributed by atoms with van der Waals surface area (Å²) in [7, 11) is 1.66. The molecule has 0 atom stereocenters. The van der Waals surface area contributed by atoms with Gasteiger partial charge in [-0.2, -0.15) is 0 Å². The molecular weight excluding hydrogens is 300 g/mol. The molecule has 0 fully saturated rings. The summed E-state index contributed by atoms with van der Waals surface area (Å²) in [6.07, 6.45) is 1.49. The predicted molar refractivity (Wildman–Crippen MR) is 89.7 cm³/mol. The maximum Gasteiger partial charge on any atom is 0.262 e. The Morgan fingerprint density at radius 1 is 1.41 bits per heavy atom. The van der Waals surface area contributed by atoms with E-state index in [-0.39, 0.29) is 11.5 Å². The van der Waals surface area contributed by atoms with Crippen molar-refractivity contribution in [1.82, 2.24) is 19.8 Å². The van der Waals surface area contributed by atoms with Crippen molar-refractivity contribution in [1.29, 1.82) is 0 Å². The van der Waals surface area contributed by atoms with Crippen LogP contribution in [0.25, 0.3) is 10.2 Å². The minimum absolute atomic E-state index is 0.110. The van der Waals surface area contributed by atoms with Gasteiger partial charge >= 0.3 is 0 Å². The first-order valence-corrected chi connectivity index (χ1v) is 8.26. The van der Waals surface area contributed by atoms with E-state index >= 15 is 0 Å². The molecule has 0 saturated carbocycles. The molecule has 0 aliphatic rings. The van der Waals surface area contributed by atoms with Crippen LogP contribution in [0, 0.1) is 6.92 Å². The highest BCUT2D eigenvalue weighted by Gasteiger charge is 2.18. The topological polar surface area (TPSA) is 67.2 Å². The van der Waals surface area contributed by atoms with Crippen molar-refractivity contribution in [2.75, 3.05) is 26.2 Å². The molecule has 0 unspecified atom stereocenters. The Labute approximate surface area is 133 Å². The van der Waals surface area contributed by atoms with Gasteiger partial charge in [0.05, 0.1) is 16.6 Å². The molecule has 0 radical (unpaired) electrons. The molecule has 0 saturated heterocycles. The van der Waals surface area contributed by atoms with Gasteiger partial charge in [0.15, 0.2) is 0 Å². The minimum atomic E-state index is -0.130. The van der Waals surface area contributed by atoms with E-state index in [2.05, 4.69) is 29.0 Å². The van der Waals surface area contributed by atoms with Crippen molar-refractivity contribution in [3.8, 4) is 0 Å². The molecule has 6 nitrogen and oxygen atoms in total. The van der Waals surface area contributed by atoms with Crippen molar-refractivity contribution in [2.45, 2.75) is 20.8 Å². The molecule has 7 heteroatoms. The highest BCUT2D eigenvalue weighted by Crippen LogP contribution is 2.26.